The van der Waals surface area contributed by atoms with E-state index in [2.05, 4.69) is 20.1 Å². The number of nitrogens with one attached hydrogen (secondary N) is 2. The monoisotopic (exact) mass is 427 g/mol. The van der Waals surface area contributed by atoms with E-state index in [1.165, 1.54) is 41.2 Å². The van der Waals surface area contributed by atoms with Crippen LogP contribution in [0.1, 0.15) is 23.2 Å². The molecule has 0 aliphatic carbocycles. The van der Waals surface area contributed by atoms with Crippen molar-refractivity contribution in [3.63, 3.8) is 0 Å². The lowest BCUT2D eigenvalue weighted by molar-refractivity contribution is 0.102. The van der Waals surface area contributed by atoms with Crippen molar-refractivity contribution in [1.82, 2.24) is 14.5 Å². The topological polar surface area (TPSA) is 105 Å². The van der Waals surface area contributed by atoms with Crippen LogP contribution in [0, 0.1) is 5.82 Å². The summed E-state index contributed by atoms with van der Waals surface area (Å²) in [5.41, 5.74) is 0.577. The third-order valence-electron chi connectivity index (χ3n) is 4.49. The maximum atomic E-state index is 14.4. The summed E-state index contributed by atoms with van der Waals surface area (Å²) in [5, 5.41) is 6.56. The molecule has 0 saturated heterocycles. The fourth-order valence-corrected chi connectivity index (χ4v) is 4.16. The molecule has 1 aliphatic rings. The number of amidine groups is 1. The number of rotatable bonds is 5. The number of amides is 1. The number of hydrogen-bond acceptors (Lipinski definition) is 5. The van der Waals surface area contributed by atoms with E-state index in [0.717, 1.165) is 12.5 Å². The molecule has 1 aliphatic heterocycles. The number of carbonyl (C=O) groups excluding carboxylic acids is 1. The first kappa shape index (κ1) is 19.8. The smallest absolute Gasteiger partial charge is 0.262 e. The number of halogens is 1. The van der Waals surface area contributed by atoms with Crippen molar-refractivity contribution in [2.75, 3.05) is 11.9 Å². The molecule has 0 spiro atoms. The molecule has 10 heteroatoms. The standard InChI is InChI=1S/C20H18FN5O3S/c21-17-12-14(7-8-18(17)26-11-3-10-23-26)20(27)24-15-4-1-5-16(13-15)30(28,29)25-19-6-2-9-22-19/h1,3-5,7-8,10-13H,2,6,9H2,(H,22,25)(H,24,27). The van der Waals surface area contributed by atoms with Gasteiger partial charge >= 0.3 is 0 Å². The lowest BCUT2D eigenvalue weighted by Gasteiger charge is -2.11. The van der Waals surface area contributed by atoms with Gasteiger partial charge in [-0.15, -0.1) is 0 Å². The Morgan fingerprint density at radius 3 is 2.70 bits per heavy atom. The Hall–Kier alpha value is -3.53. The number of nitrogens with zero attached hydrogens (tertiary/aromatic N) is 3. The van der Waals surface area contributed by atoms with Crippen molar-refractivity contribution in [1.29, 1.82) is 0 Å². The van der Waals surface area contributed by atoms with Gasteiger partial charge in [0.2, 0.25) is 0 Å². The molecule has 1 aromatic heterocycles. The highest BCUT2D eigenvalue weighted by Crippen LogP contribution is 2.19. The first-order chi connectivity index (χ1) is 14.4. The van der Waals surface area contributed by atoms with Gasteiger partial charge in [0.05, 0.1) is 4.90 Å². The Kier molecular flexibility index (Phi) is 5.32. The fraction of sp³-hybridized carbons (Fsp3) is 0.150. The molecule has 0 saturated carbocycles. The van der Waals surface area contributed by atoms with E-state index in [4.69, 9.17) is 0 Å². The van der Waals surface area contributed by atoms with Crippen LogP contribution < -0.4 is 10.0 Å². The van der Waals surface area contributed by atoms with E-state index in [0.29, 0.717) is 18.8 Å². The summed E-state index contributed by atoms with van der Waals surface area (Å²) in [6.45, 7) is 0.601. The summed E-state index contributed by atoms with van der Waals surface area (Å²) in [7, 11) is -3.81. The maximum Gasteiger partial charge on any atom is 0.262 e. The SMILES string of the molecule is O=C(Nc1cccc(S(=O)(=O)NC2=NCCC2)c1)c1ccc(-n2cccn2)c(F)c1. The summed E-state index contributed by atoms with van der Waals surface area (Å²) in [6, 6.07) is 11.5. The Morgan fingerprint density at radius 2 is 2.00 bits per heavy atom. The quantitative estimate of drug-likeness (QED) is 0.653. The number of aromatic nitrogens is 2. The Morgan fingerprint density at radius 1 is 1.13 bits per heavy atom. The number of sulfonamides is 1. The van der Waals surface area contributed by atoms with E-state index in [1.807, 2.05) is 0 Å². The molecular formula is C20H18FN5O3S. The summed E-state index contributed by atoms with van der Waals surface area (Å²) in [5.74, 6) is -0.745. The minimum absolute atomic E-state index is 0.00453. The van der Waals surface area contributed by atoms with E-state index >= 15 is 0 Å². The zero-order valence-corrected chi connectivity index (χ0v) is 16.6. The summed E-state index contributed by atoms with van der Waals surface area (Å²) < 4.78 is 43.3. The molecule has 0 bridgehead atoms. The molecule has 2 N–H and O–H groups in total. The maximum absolute atomic E-state index is 14.4. The van der Waals surface area contributed by atoms with E-state index in [9.17, 15) is 17.6 Å². The second-order valence-electron chi connectivity index (χ2n) is 6.64. The van der Waals surface area contributed by atoms with Crippen LogP contribution in [0.15, 0.2) is 70.8 Å². The van der Waals surface area contributed by atoms with Crippen LogP contribution in [0.2, 0.25) is 0 Å². The molecule has 1 amide bonds. The van der Waals surface area contributed by atoms with Gasteiger partial charge < -0.3 is 5.32 Å². The third kappa shape index (κ3) is 4.23. The van der Waals surface area contributed by atoms with Crippen LogP contribution >= 0.6 is 0 Å². The van der Waals surface area contributed by atoms with E-state index in [-0.39, 0.29) is 21.8 Å². The molecule has 154 valence electrons. The summed E-state index contributed by atoms with van der Waals surface area (Å²) in [4.78, 5) is 16.6. The summed E-state index contributed by atoms with van der Waals surface area (Å²) in [6.07, 6.45) is 4.50. The molecular weight excluding hydrogens is 409 g/mol. The van der Waals surface area contributed by atoms with Crippen molar-refractivity contribution in [2.45, 2.75) is 17.7 Å². The lowest BCUT2D eigenvalue weighted by Crippen LogP contribution is -2.29. The van der Waals surface area contributed by atoms with E-state index < -0.39 is 21.7 Å². The highest BCUT2D eigenvalue weighted by atomic mass is 32.2. The molecule has 0 radical (unpaired) electrons. The summed E-state index contributed by atoms with van der Waals surface area (Å²) >= 11 is 0. The molecule has 30 heavy (non-hydrogen) atoms. The first-order valence-corrected chi connectivity index (χ1v) is 10.7. The van der Waals surface area contributed by atoms with Crippen molar-refractivity contribution < 1.29 is 17.6 Å². The molecule has 0 atom stereocenters. The fourth-order valence-electron chi connectivity index (χ4n) is 3.03. The molecule has 0 fully saturated rings. The van der Waals surface area contributed by atoms with Crippen molar-refractivity contribution >= 4 is 27.5 Å². The van der Waals surface area contributed by atoms with Crippen LogP contribution in [-0.4, -0.2) is 36.5 Å². The van der Waals surface area contributed by atoms with Crippen LogP contribution in [0.5, 0.6) is 0 Å². The third-order valence-corrected chi connectivity index (χ3v) is 5.87. The molecule has 8 nitrogen and oxygen atoms in total. The zero-order chi connectivity index (χ0) is 21.1. The highest BCUT2D eigenvalue weighted by Gasteiger charge is 2.19. The van der Waals surface area contributed by atoms with Crippen LogP contribution in [0.25, 0.3) is 5.69 Å². The molecule has 4 rings (SSSR count). The van der Waals surface area contributed by atoms with Gasteiger partial charge in [0, 0.05) is 36.6 Å². The molecule has 2 aromatic carbocycles. The lowest BCUT2D eigenvalue weighted by atomic mass is 10.1. The minimum Gasteiger partial charge on any atom is -0.322 e. The molecule has 0 unspecified atom stereocenters. The predicted molar refractivity (Wildman–Crippen MR) is 110 cm³/mol. The van der Waals surface area contributed by atoms with Gasteiger partial charge in [-0.1, -0.05) is 6.07 Å². The Bertz CT molecular complexity index is 1220. The molecule has 2 heterocycles. The normalized spacial score (nSPS) is 13.7. The van der Waals surface area contributed by atoms with Gasteiger partial charge in [0.15, 0.2) is 0 Å². The number of benzene rings is 2. The minimum atomic E-state index is -3.81. The average Bonchev–Trinajstić information content (AvgIpc) is 3.42. The van der Waals surface area contributed by atoms with Crippen LogP contribution in [0.4, 0.5) is 10.1 Å². The highest BCUT2D eigenvalue weighted by molar-refractivity contribution is 7.90. The predicted octanol–water partition coefficient (Wildman–Crippen LogP) is 2.73. The second-order valence-corrected chi connectivity index (χ2v) is 8.32. The van der Waals surface area contributed by atoms with Gasteiger partial charge in [-0.25, -0.2) is 17.5 Å². The van der Waals surface area contributed by atoms with Crippen molar-refractivity contribution in [3.05, 3.63) is 72.3 Å². The van der Waals surface area contributed by atoms with Gasteiger partial charge in [0.1, 0.15) is 17.3 Å². The number of carbonyl (C=O) groups is 1. The average molecular weight is 427 g/mol. The second kappa shape index (κ2) is 8.07. The van der Waals surface area contributed by atoms with Crippen LogP contribution in [-0.2, 0) is 10.0 Å². The Balaban J connectivity index is 1.51. The molecule has 3 aromatic rings. The van der Waals surface area contributed by atoms with E-state index in [1.54, 1.807) is 18.3 Å². The van der Waals surface area contributed by atoms with Crippen molar-refractivity contribution in [2.24, 2.45) is 4.99 Å². The van der Waals surface area contributed by atoms with Gasteiger partial charge in [0.25, 0.3) is 15.9 Å². The van der Waals surface area contributed by atoms with Gasteiger partial charge in [-0.2, -0.15) is 5.10 Å². The largest absolute Gasteiger partial charge is 0.322 e. The zero-order valence-electron chi connectivity index (χ0n) is 15.7. The first-order valence-electron chi connectivity index (χ1n) is 9.19. The van der Waals surface area contributed by atoms with Crippen molar-refractivity contribution in [3.8, 4) is 5.69 Å². The van der Waals surface area contributed by atoms with Gasteiger partial charge in [-0.05, 0) is 48.9 Å². The Labute approximate surface area is 172 Å². The number of aliphatic imine (C=N–C) groups is 1. The van der Waals surface area contributed by atoms with Gasteiger partial charge in [-0.3, -0.25) is 14.5 Å². The number of hydrogen-bond donors (Lipinski definition) is 2. The number of anilines is 1. The van der Waals surface area contributed by atoms with Crippen LogP contribution in [0.3, 0.4) is 0 Å².